The quantitative estimate of drug-likeness (QED) is 0.856. The maximum Gasteiger partial charge on any atom is 0.161 e. The van der Waals surface area contributed by atoms with E-state index in [4.69, 9.17) is 15.2 Å². The number of nitrogen functional groups attached to an aromatic ring is 1. The summed E-state index contributed by atoms with van der Waals surface area (Å²) in [4.78, 5) is 0. The standard InChI is InChI=1S/C18H22N2O2/c1-11-4-5-15(19)14(8-11)18-13-10-17(22-3)16(21-2)9-12(13)6-7-20-18/h4-5,8-10,18,20H,6-7,19H2,1-3H3. The van der Waals surface area contributed by atoms with Crippen LogP contribution in [0.15, 0.2) is 30.3 Å². The number of benzene rings is 2. The third-order valence-electron chi connectivity index (χ3n) is 4.25. The van der Waals surface area contributed by atoms with Gasteiger partial charge in [-0.15, -0.1) is 0 Å². The molecule has 0 amide bonds. The zero-order chi connectivity index (χ0) is 15.7. The summed E-state index contributed by atoms with van der Waals surface area (Å²) < 4.78 is 10.9. The van der Waals surface area contributed by atoms with Crippen molar-refractivity contribution in [2.75, 3.05) is 26.5 Å². The van der Waals surface area contributed by atoms with Crippen LogP contribution in [0.3, 0.4) is 0 Å². The lowest BCUT2D eigenvalue weighted by Crippen LogP contribution is -2.31. The SMILES string of the molecule is COc1cc2c(cc1OC)C(c1cc(C)ccc1N)NCC2. The molecule has 0 saturated heterocycles. The number of nitrogens with two attached hydrogens (primary N) is 1. The Morgan fingerprint density at radius 3 is 2.50 bits per heavy atom. The van der Waals surface area contributed by atoms with Gasteiger partial charge in [0.05, 0.1) is 20.3 Å². The van der Waals surface area contributed by atoms with Crippen LogP contribution in [0.4, 0.5) is 5.69 Å². The van der Waals surface area contributed by atoms with E-state index in [9.17, 15) is 0 Å². The molecule has 0 radical (unpaired) electrons. The van der Waals surface area contributed by atoms with E-state index in [1.165, 1.54) is 16.7 Å². The van der Waals surface area contributed by atoms with E-state index in [2.05, 4.69) is 30.4 Å². The first-order valence-electron chi connectivity index (χ1n) is 7.48. The minimum Gasteiger partial charge on any atom is -0.493 e. The van der Waals surface area contributed by atoms with Crippen molar-refractivity contribution in [3.05, 3.63) is 52.6 Å². The summed E-state index contributed by atoms with van der Waals surface area (Å²) in [7, 11) is 3.33. The molecule has 0 spiro atoms. The highest BCUT2D eigenvalue weighted by Crippen LogP contribution is 2.38. The molecule has 1 aliphatic heterocycles. The van der Waals surface area contributed by atoms with Crippen molar-refractivity contribution in [2.24, 2.45) is 0 Å². The van der Waals surface area contributed by atoms with Crippen LogP contribution >= 0.6 is 0 Å². The van der Waals surface area contributed by atoms with Gasteiger partial charge in [-0.05, 0) is 48.2 Å². The van der Waals surface area contributed by atoms with Crippen LogP contribution in [0.5, 0.6) is 11.5 Å². The monoisotopic (exact) mass is 298 g/mol. The van der Waals surface area contributed by atoms with Crippen molar-refractivity contribution in [2.45, 2.75) is 19.4 Å². The minimum atomic E-state index is 0.0865. The molecule has 2 aromatic carbocycles. The van der Waals surface area contributed by atoms with Crippen LogP contribution in [0.25, 0.3) is 0 Å². The molecule has 1 aliphatic rings. The van der Waals surface area contributed by atoms with Gasteiger partial charge in [-0.1, -0.05) is 17.7 Å². The van der Waals surface area contributed by atoms with Crippen molar-refractivity contribution in [3.63, 3.8) is 0 Å². The van der Waals surface area contributed by atoms with Crippen LogP contribution in [-0.4, -0.2) is 20.8 Å². The minimum absolute atomic E-state index is 0.0865. The molecule has 0 bridgehead atoms. The first kappa shape index (κ1) is 14.7. The highest BCUT2D eigenvalue weighted by Gasteiger charge is 2.25. The molecule has 0 fully saturated rings. The molecule has 4 nitrogen and oxygen atoms in total. The molecule has 4 heteroatoms. The predicted octanol–water partition coefficient (Wildman–Crippen LogP) is 2.83. The molecule has 0 aromatic heterocycles. The number of ether oxygens (including phenoxy) is 2. The summed E-state index contributed by atoms with van der Waals surface area (Å²) in [5.41, 5.74) is 11.8. The summed E-state index contributed by atoms with van der Waals surface area (Å²) in [5, 5.41) is 3.57. The lowest BCUT2D eigenvalue weighted by atomic mass is 9.88. The number of methoxy groups -OCH3 is 2. The first-order valence-corrected chi connectivity index (χ1v) is 7.48. The largest absolute Gasteiger partial charge is 0.493 e. The van der Waals surface area contributed by atoms with Crippen molar-refractivity contribution in [1.29, 1.82) is 0 Å². The van der Waals surface area contributed by atoms with E-state index in [0.717, 1.165) is 35.7 Å². The summed E-state index contributed by atoms with van der Waals surface area (Å²) in [6, 6.07) is 10.4. The Labute approximate surface area is 131 Å². The maximum absolute atomic E-state index is 6.21. The van der Waals surface area contributed by atoms with Crippen molar-refractivity contribution in [3.8, 4) is 11.5 Å². The van der Waals surface area contributed by atoms with E-state index in [1.54, 1.807) is 14.2 Å². The Bertz CT molecular complexity index is 698. The molecular formula is C18H22N2O2. The Morgan fingerprint density at radius 2 is 1.77 bits per heavy atom. The van der Waals surface area contributed by atoms with Crippen molar-refractivity contribution in [1.82, 2.24) is 5.32 Å². The normalized spacial score (nSPS) is 17.0. The van der Waals surface area contributed by atoms with Crippen LogP contribution in [0.1, 0.15) is 28.3 Å². The molecule has 22 heavy (non-hydrogen) atoms. The van der Waals surface area contributed by atoms with Gasteiger partial charge < -0.3 is 20.5 Å². The number of rotatable bonds is 3. The third kappa shape index (κ3) is 2.50. The number of aryl methyl sites for hydroxylation is 1. The fourth-order valence-corrected chi connectivity index (χ4v) is 3.10. The van der Waals surface area contributed by atoms with Gasteiger partial charge in [-0.2, -0.15) is 0 Å². The average Bonchev–Trinajstić information content (AvgIpc) is 2.55. The molecule has 0 aliphatic carbocycles. The van der Waals surface area contributed by atoms with Crippen molar-refractivity contribution >= 4 is 5.69 Å². The Kier molecular flexibility index (Phi) is 3.94. The Balaban J connectivity index is 2.13. The average molecular weight is 298 g/mol. The number of hydrogen-bond acceptors (Lipinski definition) is 4. The highest BCUT2D eigenvalue weighted by molar-refractivity contribution is 5.57. The van der Waals surface area contributed by atoms with E-state index in [0.29, 0.717) is 0 Å². The second-order valence-electron chi connectivity index (χ2n) is 5.68. The maximum atomic E-state index is 6.21. The number of fused-ring (bicyclic) bond motifs is 1. The van der Waals surface area contributed by atoms with E-state index in [1.807, 2.05) is 12.1 Å². The van der Waals surface area contributed by atoms with Gasteiger partial charge in [0.2, 0.25) is 0 Å². The van der Waals surface area contributed by atoms with Gasteiger partial charge in [-0.25, -0.2) is 0 Å². The van der Waals surface area contributed by atoms with Gasteiger partial charge in [0, 0.05) is 12.2 Å². The zero-order valence-corrected chi connectivity index (χ0v) is 13.3. The van der Waals surface area contributed by atoms with Crippen LogP contribution in [0.2, 0.25) is 0 Å². The van der Waals surface area contributed by atoms with Crippen LogP contribution in [0, 0.1) is 6.92 Å². The summed E-state index contributed by atoms with van der Waals surface area (Å²) in [5.74, 6) is 1.53. The first-order chi connectivity index (χ1) is 10.6. The fourth-order valence-electron chi connectivity index (χ4n) is 3.10. The van der Waals surface area contributed by atoms with E-state index >= 15 is 0 Å². The lowest BCUT2D eigenvalue weighted by Gasteiger charge is -2.29. The Hall–Kier alpha value is -2.20. The van der Waals surface area contributed by atoms with Gasteiger partial charge in [0.1, 0.15) is 0 Å². The smallest absolute Gasteiger partial charge is 0.161 e. The van der Waals surface area contributed by atoms with E-state index < -0.39 is 0 Å². The molecule has 3 N–H and O–H groups in total. The molecule has 1 atom stereocenters. The van der Waals surface area contributed by atoms with Gasteiger partial charge >= 0.3 is 0 Å². The number of nitrogens with one attached hydrogen (secondary N) is 1. The second kappa shape index (κ2) is 5.89. The molecular weight excluding hydrogens is 276 g/mol. The predicted molar refractivity (Wildman–Crippen MR) is 88.7 cm³/mol. The fraction of sp³-hybridized carbons (Fsp3) is 0.333. The molecule has 2 aromatic rings. The molecule has 0 saturated carbocycles. The zero-order valence-electron chi connectivity index (χ0n) is 13.3. The molecule has 1 heterocycles. The summed E-state index contributed by atoms with van der Waals surface area (Å²) in [6.45, 7) is 3.00. The summed E-state index contributed by atoms with van der Waals surface area (Å²) >= 11 is 0. The third-order valence-corrected chi connectivity index (χ3v) is 4.25. The highest BCUT2D eigenvalue weighted by atomic mass is 16.5. The van der Waals surface area contributed by atoms with Gasteiger partial charge in [0.25, 0.3) is 0 Å². The van der Waals surface area contributed by atoms with Crippen LogP contribution in [-0.2, 0) is 6.42 Å². The Morgan fingerprint density at radius 1 is 1.05 bits per heavy atom. The van der Waals surface area contributed by atoms with E-state index in [-0.39, 0.29) is 6.04 Å². The van der Waals surface area contributed by atoms with Gasteiger partial charge in [0.15, 0.2) is 11.5 Å². The van der Waals surface area contributed by atoms with Crippen molar-refractivity contribution < 1.29 is 9.47 Å². The summed E-state index contributed by atoms with van der Waals surface area (Å²) in [6.07, 6.45) is 0.970. The molecule has 116 valence electrons. The second-order valence-corrected chi connectivity index (χ2v) is 5.68. The van der Waals surface area contributed by atoms with Crippen LogP contribution < -0.4 is 20.5 Å². The molecule has 3 rings (SSSR count). The lowest BCUT2D eigenvalue weighted by molar-refractivity contribution is 0.353. The number of hydrogen-bond donors (Lipinski definition) is 2. The van der Waals surface area contributed by atoms with Gasteiger partial charge in [-0.3, -0.25) is 0 Å². The number of anilines is 1. The topological polar surface area (TPSA) is 56.5 Å². The molecule has 1 unspecified atom stereocenters.